The molecule has 0 bridgehead atoms. The van der Waals surface area contributed by atoms with Gasteiger partial charge in [0.2, 0.25) is 0 Å². The Morgan fingerprint density at radius 3 is 1.69 bits per heavy atom. The summed E-state index contributed by atoms with van der Waals surface area (Å²) in [7, 11) is 0. The van der Waals surface area contributed by atoms with E-state index in [1.165, 1.54) is 25.7 Å². The van der Waals surface area contributed by atoms with Gasteiger partial charge in [-0.15, -0.1) is 0 Å². The molecule has 0 aliphatic rings. The van der Waals surface area contributed by atoms with Gasteiger partial charge in [0.25, 0.3) is 5.97 Å². The Balaban J connectivity index is 0. The Hall–Kier alpha value is 0.269. The molecular formula is C10H22O2Sn. The van der Waals surface area contributed by atoms with Gasteiger partial charge in [-0.2, -0.15) is 0 Å². The maximum absolute atomic E-state index is 9.00. The Kier molecular flexibility index (Phi) is 17.9. The van der Waals surface area contributed by atoms with E-state index in [9.17, 15) is 0 Å². The van der Waals surface area contributed by atoms with E-state index in [-0.39, 0.29) is 21.1 Å². The second-order valence-electron chi connectivity index (χ2n) is 2.98. The topological polar surface area (TPSA) is 37.3 Å². The van der Waals surface area contributed by atoms with Crippen molar-refractivity contribution in [2.45, 2.75) is 55.3 Å². The number of rotatable bonds is 6. The Morgan fingerprint density at radius 1 is 1.15 bits per heavy atom. The Labute approximate surface area is 92.3 Å². The summed E-state index contributed by atoms with van der Waals surface area (Å²) in [6, 6.07) is 0. The summed E-state index contributed by atoms with van der Waals surface area (Å²) < 4.78 is 3.25. The number of aliphatic carboxylic acids is 1. The maximum atomic E-state index is 9.00. The molecular weight excluding hydrogens is 154 g/mol. The van der Waals surface area contributed by atoms with Gasteiger partial charge in [-0.3, -0.25) is 4.79 Å². The van der Waals surface area contributed by atoms with Crippen LogP contribution < -0.4 is 0 Å². The van der Waals surface area contributed by atoms with Crippen LogP contribution in [0.15, 0.2) is 0 Å². The van der Waals surface area contributed by atoms with Crippen molar-refractivity contribution in [3.63, 3.8) is 0 Å². The Morgan fingerprint density at radius 2 is 1.46 bits per heavy atom. The summed E-state index contributed by atoms with van der Waals surface area (Å²) in [5.41, 5.74) is 0. The van der Waals surface area contributed by atoms with Gasteiger partial charge in [0, 0.05) is 6.92 Å². The predicted octanol–water partition coefficient (Wildman–Crippen LogP) is 3.22. The third-order valence-electron chi connectivity index (χ3n) is 1.41. The summed E-state index contributed by atoms with van der Waals surface area (Å²) in [5, 5.41) is 7.42. The third kappa shape index (κ3) is 32.9. The van der Waals surface area contributed by atoms with E-state index >= 15 is 0 Å². The summed E-state index contributed by atoms with van der Waals surface area (Å²) in [6.07, 6.45) is 5.84. The fourth-order valence-corrected chi connectivity index (χ4v) is 4.89. The summed E-state index contributed by atoms with van der Waals surface area (Å²) in [5.74, 6) is -0.833. The van der Waals surface area contributed by atoms with Gasteiger partial charge in [-0.25, -0.2) is 0 Å². The summed E-state index contributed by atoms with van der Waals surface area (Å²) in [4.78, 5) is 9.00. The van der Waals surface area contributed by atoms with Gasteiger partial charge in [-0.05, 0) is 0 Å². The molecule has 0 aliphatic heterocycles. The molecule has 0 heterocycles. The van der Waals surface area contributed by atoms with Crippen molar-refractivity contribution in [1.29, 1.82) is 0 Å². The minimum absolute atomic E-state index is 0.149. The van der Waals surface area contributed by atoms with Crippen molar-refractivity contribution in [2.24, 2.45) is 0 Å². The Bertz CT molecular complexity index is 95.1. The average Bonchev–Trinajstić information content (AvgIpc) is 2.03. The van der Waals surface area contributed by atoms with Crippen LogP contribution in [0.25, 0.3) is 0 Å². The molecule has 13 heavy (non-hydrogen) atoms. The molecule has 2 nitrogen and oxygen atoms in total. The fourth-order valence-electron chi connectivity index (χ4n) is 0.729. The number of hydrogen-bond acceptors (Lipinski definition) is 1. The van der Waals surface area contributed by atoms with E-state index < -0.39 is 5.97 Å². The van der Waals surface area contributed by atoms with Crippen molar-refractivity contribution < 1.29 is 9.90 Å². The first-order chi connectivity index (χ1) is 6.15. The second kappa shape index (κ2) is 14.8. The molecule has 0 rings (SSSR count). The van der Waals surface area contributed by atoms with Crippen LogP contribution in [0.3, 0.4) is 0 Å². The van der Waals surface area contributed by atoms with Gasteiger partial charge in [0.05, 0.1) is 0 Å². The molecule has 0 unspecified atom stereocenters. The van der Waals surface area contributed by atoms with Crippen LogP contribution in [0.2, 0.25) is 8.87 Å². The number of carboxylic acid groups (broad SMARTS) is 1. The third-order valence-corrected chi connectivity index (χ3v) is 5.45. The fraction of sp³-hybridized carbons (Fsp3) is 0.900. The van der Waals surface area contributed by atoms with Crippen molar-refractivity contribution >= 4 is 27.1 Å². The minimum atomic E-state index is -0.833. The quantitative estimate of drug-likeness (QED) is 0.498. The van der Waals surface area contributed by atoms with Gasteiger partial charge < -0.3 is 5.11 Å². The van der Waals surface area contributed by atoms with E-state index in [0.717, 1.165) is 6.92 Å². The molecule has 0 spiro atoms. The molecule has 0 amide bonds. The zero-order chi connectivity index (χ0) is 10.5. The van der Waals surface area contributed by atoms with Crippen molar-refractivity contribution in [1.82, 2.24) is 0 Å². The summed E-state index contributed by atoms with van der Waals surface area (Å²) >= 11 is 0.149. The van der Waals surface area contributed by atoms with Gasteiger partial charge >= 0.3 is 69.5 Å². The van der Waals surface area contributed by atoms with Crippen molar-refractivity contribution in [2.75, 3.05) is 0 Å². The summed E-state index contributed by atoms with van der Waals surface area (Å²) in [6.45, 7) is 5.67. The first kappa shape index (κ1) is 15.7. The number of unbranched alkanes of at least 4 members (excludes halogenated alkanes) is 2. The van der Waals surface area contributed by atoms with Gasteiger partial charge in [-0.1, -0.05) is 0 Å². The van der Waals surface area contributed by atoms with E-state index in [4.69, 9.17) is 9.90 Å². The van der Waals surface area contributed by atoms with Crippen LogP contribution >= 0.6 is 0 Å². The SMILES string of the molecule is CC(=O)O.CCC[CH2][2Sn][CH2]CCC. The standard InChI is InChI=1S/2C4H9.C2H4O2.Sn/c2*1-3-4-2;1-2(3)4;/h2*1,3-4H2,2H3;1H3,(H,3,4);/i;;;1+36. The molecule has 0 aromatic heterocycles. The molecule has 2 radical (unpaired) electrons. The second-order valence-corrected chi connectivity index (χ2v) is 7.26. The van der Waals surface area contributed by atoms with Crippen LogP contribution in [0.4, 0.5) is 0 Å². The first-order valence-electron chi connectivity index (χ1n) is 5.05. The number of hydrogen-bond donors (Lipinski definition) is 1. The molecule has 0 fully saturated rings. The monoisotopic (exact) mass is 176 g/mol. The van der Waals surface area contributed by atoms with Crippen molar-refractivity contribution in [3.8, 4) is 0 Å². The van der Waals surface area contributed by atoms with Crippen LogP contribution in [0, 0.1) is 0 Å². The van der Waals surface area contributed by atoms with Gasteiger partial charge in [0.1, 0.15) is 0 Å². The molecule has 0 atom stereocenters. The van der Waals surface area contributed by atoms with E-state index in [1.807, 2.05) is 0 Å². The zero-order valence-corrected chi connectivity index (χ0v) is 12.0. The van der Waals surface area contributed by atoms with E-state index in [0.29, 0.717) is 0 Å². The molecule has 0 aromatic rings. The van der Waals surface area contributed by atoms with Crippen molar-refractivity contribution in [3.05, 3.63) is 0 Å². The van der Waals surface area contributed by atoms with Gasteiger partial charge in [0.15, 0.2) is 0 Å². The molecule has 0 saturated carbocycles. The predicted molar refractivity (Wildman–Crippen MR) is 58.5 cm³/mol. The molecule has 1 N–H and O–H groups in total. The molecule has 3 heteroatoms. The zero-order valence-electron chi connectivity index (χ0n) is 9.10. The van der Waals surface area contributed by atoms with Crippen LogP contribution in [-0.2, 0) is 4.79 Å². The number of carbonyl (C=O) groups is 1. The molecule has 0 saturated heterocycles. The first-order valence-corrected chi connectivity index (χ1v) is 9.09. The van der Waals surface area contributed by atoms with Crippen LogP contribution in [0.5, 0.6) is 0 Å². The van der Waals surface area contributed by atoms with E-state index in [1.54, 1.807) is 8.87 Å². The average molecular weight is 176 g/mol. The van der Waals surface area contributed by atoms with Crippen LogP contribution in [0.1, 0.15) is 46.5 Å². The normalized spacial score (nSPS) is 8.85. The molecule has 0 aromatic carbocycles. The molecule has 78 valence electrons. The number of carboxylic acids is 1. The van der Waals surface area contributed by atoms with Crippen LogP contribution in [-0.4, -0.2) is 32.2 Å². The van der Waals surface area contributed by atoms with E-state index in [2.05, 4.69) is 13.8 Å². The molecule has 0 aliphatic carbocycles.